The van der Waals surface area contributed by atoms with Gasteiger partial charge in [-0.3, -0.25) is 4.79 Å². The molecule has 2 aromatic rings. The van der Waals surface area contributed by atoms with Gasteiger partial charge in [-0.25, -0.2) is 9.18 Å². The summed E-state index contributed by atoms with van der Waals surface area (Å²) < 4.78 is 18.2. The molecule has 0 atom stereocenters. The summed E-state index contributed by atoms with van der Waals surface area (Å²) in [4.78, 5) is 23.0. The summed E-state index contributed by atoms with van der Waals surface area (Å²) in [5, 5.41) is 11.9. The number of aromatic carboxylic acids is 1. The summed E-state index contributed by atoms with van der Waals surface area (Å²) >= 11 is 0. The number of hydrogen-bond donors (Lipinski definition) is 2. The van der Waals surface area contributed by atoms with E-state index in [1.807, 2.05) is 0 Å². The van der Waals surface area contributed by atoms with Crippen molar-refractivity contribution in [3.8, 4) is 5.75 Å². The molecule has 5 nitrogen and oxygen atoms in total. The number of hydrogen-bond acceptors (Lipinski definition) is 3. The molecule has 0 heterocycles. The van der Waals surface area contributed by atoms with Gasteiger partial charge in [0.05, 0.1) is 18.6 Å². The molecule has 0 saturated carbocycles. The molecule has 25 heavy (non-hydrogen) atoms. The highest BCUT2D eigenvalue weighted by atomic mass is 19.1. The molecule has 6 heteroatoms. The zero-order chi connectivity index (χ0) is 18.1. The lowest BCUT2D eigenvalue weighted by Gasteiger charge is -2.08. The highest BCUT2D eigenvalue weighted by Crippen LogP contribution is 2.11. The van der Waals surface area contributed by atoms with Gasteiger partial charge in [-0.1, -0.05) is 18.2 Å². The molecule has 2 aromatic carbocycles. The van der Waals surface area contributed by atoms with Gasteiger partial charge in [0.15, 0.2) is 0 Å². The number of amides is 1. The Labute approximate surface area is 145 Å². The number of carboxylic acid groups (broad SMARTS) is 1. The minimum Gasteiger partial charge on any atom is -0.494 e. The molecule has 0 radical (unpaired) electrons. The first-order valence-electron chi connectivity index (χ1n) is 8.02. The quantitative estimate of drug-likeness (QED) is 0.685. The molecule has 2 N–H and O–H groups in total. The summed E-state index contributed by atoms with van der Waals surface area (Å²) in [5.41, 5.74) is 0.637. The van der Waals surface area contributed by atoms with Crippen LogP contribution in [0, 0.1) is 5.82 Å². The van der Waals surface area contributed by atoms with Crippen molar-refractivity contribution in [3.05, 3.63) is 65.5 Å². The number of unbranched alkanes of at least 4 members (excludes halogenated alkanes) is 1. The van der Waals surface area contributed by atoms with Crippen molar-refractivity contribution in [1.82, 2.24) is 5.32 Å². The third kappa shape index (κ3) is 6.25. The van der Waals surface area contributed by atoms with Crippen molar-refractivity contribution in [3.63, 3.8) is 0 Å². The largest absolute Gasteiger partial charge is 0.494 e. The van der Waals surface area contributed by atoms with Crippen molar-refractivity contribution in [1.29, 1.82) is 0 Å². The maximum atomic E-state index is 12.7. The number of ether oxygens (including phenoxy) is 1. The van der Waals surface area contributed by atoms with E-state index in [-0.39, 0.29) is 23.7 Å². The van der Waals surface area contributed by atoms with Crippen LogP contribution in [0.5, 0.6) is 5.75 Å². The van der Waals surface area contributed by atoms with Crippen LogP contribution < -0.4 is 10.1 Å². The van der Waals surface area contributed by atoms with Crippen LogP contribution in [0.15, 0.2) is 48.5 Å². The molecular weight excluding hydrogens is 325 g/mol. The Bertz CT molecular complexity index is 716. The van der Waals surface area contributed by atoms with Crippen LogP contribution in [0.1, 0.15) is 28.8 Å². The topological polar surface area (TPSA) is 75.6 Å². The van der Waals surface area contributed by atoms with Gasteiger partial charge in [-0.15, -0.1) is 0 Å². The van der Waals surface area contributed by atoms with Gasteiger partial charge in [0, 0.05) is 6.54 Å². The zero-order valence-electron chi connectivity index (χ0n) is 13.7. The van der Waals surface area contributed by atoms with E-state index in [9.17, 15) is 14.0 Å². The Balaban J connectivity index is 1.64. The Hall–Kier alpha value is -2.89. The van der Waals surface area contributed by atoms with E-state index in [2.05, 4.69) is 5.32 Å². The minimum atomic E-state index is -1.04. The number of benzene rings is 2. The molecule has 0 unspecified atom stereocenters. The van der Waals surface area contributed by atoms with E-state index in [1.54, 1.807) is 30.3 Å². The van der Waals surface area contributed by atoms with Gasteiger partial charge >= 0.3 is 5.97 Å². The molecular formula is C19H20FNO4. The number of carboxylic acids is 1. The van der Waals surface area contributed by atoms with Crippen molar-refractivity contribution >= 4 is 11.9 Å². The first-order chi connectivity index (χ1) is 12.1. The van der Waals surface area contributed by atoms with E-state index in [1.165, 1.54) is 18.2 Å². The fourth-order valence-electron chi connectivity index (χ4n) is 2.29. The Morgan fingerprint density at radius 3 is 2.48 bits per heavy atom. The molecule has 0 aromatic heterocycles. The lowest BCUT2D eigenvalue weighted by atomic mass is 10.0. The number of carbonyl (C=O) groups excluding carboxylic acids is 1. The SMILES string of the molecule is O=C(Cc1ccccc1C(=O)O)NCCCCOc1ccc(F)cc1. The van der Waals surface area contributed by atoms with Crippen molar-refractivity contribution < 1.29 is 23.8 Å². The summed E-state index contributed by atoms with van der Waals surface area (Å²) in [6.07, 6.45) is 1.51. The van der Waals surface area contributed by atoms with Gasteiger partial charge in [-0.05, 0) is 48.7 Å². The summed E-state index contributed by atoms with van der Waals surface area (Å²) in [6.45, 7) is 0.962. The molecule has 0 spiro atoms. The van der Waals surface area contributed by atoms with Gasteiger partial charge in [0.2, 0.25) is 5.91 Å². The minimum absolute atomic E-state index is 0.0363. The molecule has 0 fully saturated rings. The molecule has 2 rings (SSSR count). The second kappa shape index (κ2) is 9.42. The van der Waals surface area contributed by atoms with E-state index in [0.29, 0.717) is 24.5 Å². The average molecular weight is 345 g/mol. The van der Waals surface area contributed by atoms with Gasteiger partial charge < -0.3 is 15.2 Å². The van der Waals surface area contributed by atoms with Crippen LogP contribution in [0.4, 0.5) is 4.39 Å². The highest BCUT2D eigenvalue weighted by molar-refractivity contribution is 5.91. The molecule has 0 saturated heterocycles. The Morgan fingerprint density at radius 2 is 1.76 bits per heavy atom. The standard InChI is InChI=1S/C19H20FNO4/c20-15-7-9-16(10-8-15)25-12-4-3-11-21-18(22)13-14-5-1-2-6-17(14)19(23)24/h1-2,5-10H,3-4,11-13H2,(H,21,22)(H,23,24). The predicted octanol–water partition coefficient (Wildman–Crippen LogP) is 3.04. The average Bonchev–Trinajstić information content (AvgIpc) is 2.60. The van der Waals surface area contributed by atoms with Crippen LogP contribution >= 0.6 is 0 Å². The van der Waals surface area contributed by atoms with Crippen molar-refractivity contribution in [2.75, 3.05) is 13.2 Å². The van der Waals surface area contributed by atoms with Crippen LogP contribution in [0.2, 0.25) is 0 Å². The third-order valence-electron chi connectivity index (χ3n) is 3.57. The number of nitrogens with one attached hydrogen (secondary N) is 1. The lowest BCUT2D eigenvalue weighted by molar-refractivity contribution is -0.120. The van der Waals surface area contributed by atoms with Crippen molar-refractivity contribution in [2.24, 2.45) is 0 Å². The smallest absolute Gasteiger partial charge is 0.335 e. The normalized spacial score (nSPS) is 10.3. The van der Waals surface area contributed by atoms with Crippen molar-refractivity contribution in [2.45, 2.75) is 19.3 Å². The summed E-state index contributed by atoms with van der Waals surface area (Å²) in [6, 6.07) is 12.3. The summed E-state index contributed by atoms with van der Waals surface area (Å²) in [7, 11) is 0. The Morgan fingerprint density at radius 1 is 1.04 bits per heavy atom. The van der Waals surface area contributed by atoms with E-state index < -0.39 is 5.97 Å². The van der Waals surface area contributed by atoms with Gasteiger partial charge in [0.1, 0.15) is 11.6 Å². The second-order valence-electron chi connectivity index (χ2n) is 5.50. The molecule has 0 aliphatic heterocycles. The van der Waals surface area contributed by atoms with E-state index in [4.69, 9.17) is 9.84 Å². The fourth-order valence-corrected chi connectivity index (χ4v) is 2.29. The van der Waals surface area contributed by atoms with E-state index in [0.717, 1.165) is 12.8 Å². The number of rotatable bonds is 9. The monoisotopic (exact) mass is 345 g/mol. The zero-order valence-corrected chi connectivity index (χ0v) is 13.7. The number of halogens is 1. The fraction of sp³-hybridized carbons (Fsp3) is 0.263. The second-order valence-corrected chi connectivity index (χ2v) is 5.50. The first-order valence-corrected chi connectivity index (χ1v) is 8.02. The Kier molecular flexibility index (Phi) is 6.95. The maximum absolute atomic E-state index is 12.7. The van der Waals surface area contributed by atoms with E-state index >= 15 is 0 Å². The first kappa shape index (κ1) is 18.4. The third-order valence-corrected chi connectivity index (χ3v) is 3.57. The number of carbonyl (C=O) groups is 2. The molecule has 132 valence electrons. The van der Waals surface area contributed by atoms with Crippen LogP contribution in [-0.4, -0.2) is 30.1 Å². The van der Waals surface area contributed by atoms with Crippen LogP contribution in [0.3, 0.4) is 0 Å². The van der Waals surface area contributed by atoms with Gasteiger partial charge in [0.25, 0.3) is 0 Å². The highest BCUT2D eigenvalue weighted by Gasteiger charge is 2.11. The van der Waals surface area contributed by atoms with Crippen LogP contribution in [-0.2, 0) is 11.2 Å². The molecule has 0 aliphatic carbocycles. The van der Waals surface area contributed by atoms with Crippen LogP contribution in [0.25, 0.3) is 0 Å². The molecule has 0 aliphatic rings. The molecule has 1 amide bonds. The predicted molar refractivity (Wildman–Crippen MR) is 91.2 cm³/mol. The maximum Gasteiger partial charge on any atom is 0.335 e. The molecule has 0 bridgehead atoms. The summed E-state index contributed by atoms with van der Waals surface area (Å²) in [5.74, 6) is -0.954. The lowest BCUT2D eigenvalue weighted by Crippen LogP contribution is -2.27. The van der Waals surface area contributed by atoms with Gasteiger partial charge in [-0.2, -0.15) is 0 Å².